The second-order valence-electron chi connectivity index (χ2n) is 7.84. The van der Waals surface area contributed by atoms with Crippen LogP contribution in [0.4, 0.5) is 0 Å². The lowest BCUT2D eigenvalue weighted by Crippen LogP contribution is -2.41. The number of carbonyl (C=O) groups excluding carboxylic acids is 1. The second kappa shape index (κ2) is 6.88. The van der Waals surface area contributed by atoms with E-state index in [0.717, 1.165) is 29.4 Å². The first-order valence-corrected chi connectivity index (χ1v) is 9.39. The maximum atomic E-state index is 12.9. The maximum Gasteiger partial charge on any atom is 0.328 e. The highest BCUT2D eigenvalue weighted by Crippen LogP contribution is 2.49. The topological polar surface area (TPSA) is 110 Å². The zero-order valence-electron chi connectivity index (χ0n) is 16.0. The smallest absolute Gasteiger partial charge is 0.328 e. The van der Waals surface area contributed by atoms with Crippen LogP contribution in [0, 0.1) is 18.3 Å². The molecular formula is C19H23N5O4. The molecule has 1 aliphatic carbocycles. The van der Waals surface area contributed by atoms with Crippen molar-refractivity contribution in [1.29, 1.82) is 0 Å². The van der Waals surface area contributed by atoms with Crippen molar-refractivity contribution in [3.05, 3.63) is 50.6 Å². The lowest BCUT2D eigenvalue weighted by molar-refractivity contribution is 0.0739. The van der Waals surface area contributed by atoms with Crippen molar-refractivity contribution in [2.75, 3.05) is 19.7 Å². The Morgan fingerprint density at radius 2 is 2.11 bits per heavy atom. The van der Waals surface area contributed by atoms with E-state index in [1.165, 1.54) is 13.2 Å². The van der Waals surface area contributed by atoms with Gasteiger partial charge >= 0.3 is 11.7 Å². The molecule has 0 radical (unpaired) electrons. The number of carbonyl (C=O) groups is 1. The van der Waals surface area contributed by atoms with Gasteiger partial charge in [-0.05, 0) is 31.2 Å². The van der Waals surface area contributed by atoms with Crippen LogP contribution in [-0.2, 0) is 7.05 Å². The Labute approximate surface area is 161 Å². The van der Waals surface area contributed by atoms with Crippen molar-refractivity contribution in [3.63, 3.8) is 0 Å². The number of nitrogens with one attached hydrogen (secondary N) is 1. The second-order valence-corrected chi connectivity index (χ2v) is 7.84. The van der Waals surface area contributed by atoms with Crippen LogP contribution < -0.4 is 16.0 Å². The standard InChI is InChI=1S/C19H23N5O4/c1-12-6-20-17(21-7-12)28-11-19-5-3-4-13(19)9-24(10-19)16(26)14-8-22-18(27)23(2)15(14)25/h6-8,13H,3-5,9-11H2,1-2H3,(H,22,27). The number of nitrogens with zero attached hydrogens (tertiary/aromatic N) is 4. The van der Waals surface area contributed by atoms with Crippen molar-refractivity contribution < 1.29 is 9.53 Å². The summed E-state index contributed by atoms with van der Waals surface area (Å²) in [5.74, 6) is -0.0364. The lowest BCUT2D eigenvalue weighted by atomic mass is 9.82. The molecule has 9 heteroatoms. The monoisotopic (exact) mass is 385 g/mol. The summed E-state index contributed by atoms with van der Waals surface area (Å²) in [6.45, 7) is 3.45. The van der Waals surface area contributed by atoms with E-state index in [9.17, 15) is 14.4 Å². The fourth-order valence-corrected chi connectivity index (χ4v) is 4.36. The zero-order chi connectivity index (χ0) is 19.9. The number of aromatic amines is 1. The van der Waals surface area contributed by atoms with E-state index in [1.54, 1.807) is 17.3 Å². The van der Waals surface area contributed by atoms with Crippen LogP contribution in [-0.4, -0.2) is 50.0 Å². The van der Waals surface area contributed by atoms with E-state index in [-0.39, 0.29) is 16.9 Å². The minimum atomic E-state index is -0.579. The molecule has 2 atom stereocenters. The molecule has 1 saturated carbocycles. The summed E-state index contributed by atoms with van der Waals surface area (Å²) in [5, 5.41) is 0. The molecule has 1 amide bonds. The van der Waals surface area contributed by atoms with Crippen LogP contribution in [0.1, 0.15) is 35.2 Å². The van der Waals surface area contributed by atoms with E-state index < -0.39 is 11.2 Å². The molecule has 28 heavy (non-hydrogen) atoms. The van der Waals surface area contributed by atoms with Gasteiger partial charge in [-0.2, -0.15) is 0 Å². The number of aryl methyl sites for hydroxylation is 1. The van der Waals surface area contributed by atoms with Gasteiger partial charge in [0, 0.05) is 44.1 Å². The first-order valence-electron chi connectivity index (χ1n) is 9.39. The molecule has 0 aromatic carbocycles. The highest BCUT2D eigenvalue weighted by molar-refractivity contribution is 5.93. The average molecular weight is 385 g/mol. The molecule has 2 unspecified atom stereocenters. The third kappa shape index (κ3) is 3.10. The van der Waals surface area contributed by atoms with Crippen LogP contribution in [0.5, 0.6) is 6.01 Å². The molecule has 2 aromatic rings. The van der Waals surface area contributed by atoms with E-state index in [4.69, 9.17) is 4.74 Å². The quantitative estimate of drug-likeness (QED) is 0.820. The number of hydrogen-bond acceptors (Lipinski definition) is 6. The third-order valence-corrected chi connectivity index (χ3v) is 5.98. The predicted octanol–water partition coefficient (Wildman–Crippen LogP) is 0.493. The van der Waals surface area contributed by atoms with E-state index in [2.05, 4.69) is 15.0 Å². The number of likely N-dealkylation sites (tertiary alicyclic amines) is 1. The first kappa shape index (κ1) is 18.4. The van der Waals surface area contributed by atoms with Crippen molar-refractivity contribution in [2.24, 2.45) is 18.4 Å². The molecule has 4 rings (SSSR count). The number of rotatable bonds is 4. The summed E-state index contributed by atoms with van der Waals surface area (Å²) >= 11 is 0. The maximum absolute atomic E-state index is 12.9. The van der Waals surface area contributed by atoms with Crippen LogP contribution in [0.3, 0.4) is 0 Å². The Balaban J connectivity index is 1.52. The summed E-state index contributed by atoms with van der Waals surface area (Å²) in [6.07, 6.45) is 7.70. The van der Waals surface area contributed by atoms with Gasteiger partial charge in [-0.25, -0.2) is 14.8 Å². The summed E-state index contributed by atoms with van der Waals surface area (Å²) < 4.78 is 6.78. The Hall–Kier alpha value is -2.97. The zero-order valence-corrected chi connectivity index (χ0v) is 16.0. The van der Waals surface area contributed by atoms with Crippen molar-refractivity contribution in [3.8, 4) is 6.01 Å². The molecule has 2 aromatic heterocycles. The number of aromatic nitrogens is 4. The highest BCUT2D eigenvalue weighted by atomic mass is 16.5. The number of amides is 1. The third-order valence-electron chi connectivity index (χ3n) is 5.98. The van der Waals surface area contributed by atoms with E-state index in [1.807, 2.05) is 6.92 Å². The number of fused-ring (bicyclic) bond motifs is 1. The van der Waals surface area contributed by atoms with Gasteiger partial charge < -0.3 is 14.6 Å². The van der Waals surface area contributed by atoms with Crippen LogP contribution >= 0.6 is 0 Å². The molecule has 1 aliphatic heterocycles. The van der Waals surface area contributed by atoms with Crippen LogP contribution in [0.25, 0.3) is 0 Å². The molecule has 148 valence electrons. The Bertz CT molecular complexity index is 1010. The first-order chi connectivity index (χ1) is 13.4. The minimum Gasteiger partial charge on any atom is -0.463 e. The van der Waals surface area contributed by atoms with Crippen LogP contribution in [0.15, 0.2) is 28.2 Å². The molecule has 0 bridgehead atoms. The number of H-pyrrole nitrogens is 1. The molecular weight excluding hydrogens is 362 g/mol. The van der Waals surface area contributed by atoms with Gasteiger partial charge in [0.05, 0.1) is 6.61 Å². The van der Waals surface area contributed by atoms with E-state index >= 15 is 0 Å². The summed E-state index contributed by atoms with van der Waals surface area (Å²) in [7, 11) is 1.35. The highest BCUT2D eigenvalue weighted by Gasteiger charge is 2.51. The molecule has 9 nitrogen and oxygen atoms in total. The summed E-state index contributed by atoms with van der Waals surface area (Å²) in [5.41, 5.74) is -0.325. The van der Waals surface area contributed by atoms with Gasteiger partial charge in [0.2, 0.25) is 0 Å². The summed E-state index contributed by atoms with van der Waals surface area (Å²) in [4.78, 5) is 49.3. The molecule has 1 saturated heterocycles. The number of ether oxygens (including phenoxy) is 1. The van der Waals surface area contributed by atoms with Gasteiger partial charge in [-0.3, -0.25) is 14.2 Å². The average Bonchev–Trinajstić information content (AvgIpc) is 3.23. The number of hydrogen-bond donors (Lipinski definition) is 1. The van der Waals surface area contributed by atoms with Crippen LogP contribution in [0.2, 0.25) is 0 Å². The Kier molecular flexibility index (Phi) is 4.52. The van der Waals surface area contributed by atoms with Gasteiger partial charge in [0.1, 0.15) is 5.56 Å². The fraction of sp³-hybridized carbons (Fsp3) is 0.526. The van der Waals surface area contributed by atoms with Gasteiger partial charge in [0.25, 0.3) is 11.5 Å². The lowest BCUT2D eigenvalue weighted by Gasteiger charge is -2.28. The van der Waals surface area contributed by atoms with Crippen molar-refractivity contribution in [1.82, 2.24) is 24.4 Å². The molecule has 2 fully saturated rings. The normalized spacial score (nSPS) is 23.6. The minimum absolute atomic E-state index is 0.0139. The molecule has 3 heterocycles. The van der Waals surface area contributed by atoms with Gasteiger partial charge in [-0.1, -0.05) is 6.42 Å². The van der Waals surface area contributed by atoms with E-state index in [0.29, 0.717) is 31.6 Å². The van der Waals surface area contributed by atoms with Gasteiger partial charge in [0.15, 0.2) is 0 Å². The Morgan fingerprint density at radius 3 is 2.86 bits per heavy atom. The summed E-state index contributed by atoms with van der Waals surface area (Å²) in [6, 6.07) is 0.338. The van der Waals surface area contributed by atoms with Crippen molar-refractivity contribution in [2.45, 2.75) is 26.2 Å². The largest absolute Gasteiger partial charge is 0.463 e. The Morgan fingerprint density at radius 1 is 1.36 bits per heavy atom. The van der Waals surface area contributed by atoms with Gasteiger partial charge in [-0.15, -0.1) is 0 Å². The predicted molar refractivity (Wildman–Crippen MR) is 100 cm³/mol. The molecule has 0 spiro atoms. The molecule has 2 aliphatic rings. The van der Waals surface area contributed by atoms with Crippen molar-refractivity contribution >= 4 is 5.91 Å². The molecule has 1 N–H and O–H groups in total. The fourth-order valence-electron chi connectivity index (χ4n) is 4.36. The SMILES string of the molecule is Cc1cnc(OCC23CCCC2CN(C(=O)c2c[nH]c(=O)n(C)c2=O)C3)nc1.